The van der Waals surface area contributed by atoms with Crippen LogP contribution in [-0.2, 0) is 0 Å². The average Bonchev–Trinajstić information content (AvgIpc) is 2.44. The molecule has 0 bridgehead atoms. The van der Waals surface area contributed by atoms with Crippen LogP contribution in [0, 0.1) is 25.7 Å². The van der Waals surface area contributed by atoms with Crippen LogP contribution in [0.15, 0.2) is 30.6 Å². The van der Waals surface area contributed by atoms with Gasteiger partial charge >= 0.3 is 0 Å². The van der Waals surface area contributed by atoms with Gasteiger partial charge in [0.1, 0.15) is 12.4 Å². The summed E-state index contributed by atoms with van der Waals surface area (Å²) in [5.74, 6) is 5.41. The molecule has 2 N–H and O–H groups in total. The standard InChI is InChI=1S/C16H15N3O2/c1-11-8-12(2)18-15(9-11)19-16(21)14-5-6-17-10-13(14)4-3-7-20/h5-6,8-10,20H,7H2,1-2H3,(H,18,19,21). The predicted molar refractivity (Wildman–Crippen MR) is 79.9 cm³/mol. The molecule has 21 heavy (non-hydrogen) atoms. The van der Waals surface area contributed by atoms with Crippen molar-refractivity contribution in [3.63, 3.8) is 0 Å². The number of carbonyl (C=O) groups excluding carboxylic acids is 1. The molecule has 0 atom stereocenters. The van der Waals surface area contributed by atoms with Gasteiger partial charge in [-0.1, -0.05) is 11.8 Å². The third-order valence-corrected chi connectivity index (χ3v) is 2.71. The van der Waals surface area contributed by atoms with Gasteiger partial charge in [-0.2, -0.15) is 0 Å². The number of aliphatic hydroxyl groups excluding tert-OH is 1. The first-order valence-corrected chi connectivity index (χ1v) is 6.40. The number of hydrogen-bond acceptors (Lipinski definition) is 4. The van der Waals surface area contributed by atoms with Crippen molar-refractivity contribution in [3.8, 4) is 11.8 Å². The molecule has 0 spiro atoms. The van der Waals surface area contributed by atoms with Gasteiger partial charge in [0, 0.05) is 18.1 Å². The Balaban J connectivity index is 2.28. The zero-order valence-corrected chi connectivity index (χ0v) is 11.8. The predicted octanol–water partition coefficient (Wildman–Crippen LogP) is 1.69. The second-order valence-corrected chi connectivity index (χ2v) is 4.51. The normalized spacial score (nSPS) is 9.67. The molecule has 0 unspecified atom stereocenters. The SMILES string of the molecule is Cc1cc(C)nc(NC(=O)c2ccncc2C#CCO)c1. The highest BCUT2D eigenvalue weighted by atomic mass is 16.2. The maximum absolute atomic E-state index is 12.3. The van der Waals surface area contributed by atoms with Gasteiger partial charge in [-0.15, -0.1) is 0 Å². The van der Waals surface area contributed by atoms with Crippen LogP contribution in [-0.4, -0.2) is 27.6 Å². The summed E-state index contributed by atoms with van der Waals surface area (Å²) in [6.07, 6.45) is 3.01. The zero-order valence-electron chi connectivity index (χ0n) is 11.8. The van der Waals surface area contributed by atoms with Gasteiger partial charge in [0.2, 0.25) is 0 Å². The fourth-order valence-corrected chi connectivity index (χ4v) is 1.92. The van der Waals surface area contributed by atoms with E-state index in [1.807, 2.05) is 19.9 Å². The van der Waals surface area contributed by atoms with Crippen LogP contribution in [0.4, 0.5) is 5.82 Å². The molecule has 0 aromatic carbocycles. The molecule has 0 radical (unpaired) electrons. The van der Waals surface area contributed by atoms with E-state index < -0.39 is 0 Å². The monoisotopic (exact) mass is 281 g/mol. The minimum absolute atomic E-state index is 0.269. The van der Waals surface area contributed by atoms with E-state index in [0.717, 1.165) is 11.3 Å². The van der Waals surface area contributed by atoms with Crippen LogP contribution >= 0.6 is 0 Å². The molecule has 1 amide bonds. The van der Waals surface area contributed by atoms with E-state index in [-0.39, 0.29) is 12.5 Å². The second-order valence-electron chi connectivity index (χ2n) is 4.51. The van der Waals surface area contributed by atoms with Crippen molar-refractivity contribution < 1.29 is 9.90 Å². The Morgan fingerprint density at radius 1 is 1.38 bits per heavy atom. The topological polar surface area (TPSA) is 75.1 Å². The maximum atomic E-state index is 12.3. The lowest BCUT2D eigenvalue weighted by atomic mass is 10.1. The van der Waals surface area contributed by atoms with E-state index in [2.05, 4.69) is 27.1 Å². The van der Waals surface area contributed by atoms with Gasteiger partial charge < -0.3 is 10.4 Å². The van der Waals surface area contributed by atoms with Crippen molar-refractivity contribution in [1.82, 2.24) is 9.97 Å². The van der Waals surface area contributed by atoms with Gasteiger partial charge in [-0.25, -0.2) is 4.98 Å². The Kier molecular flexibility index (Phi) is 4.64. The highest BCUT2D eigenvalue weighted by Gasteiger charge is 2.11. The molecule has 2 aromatic heterocycles. The molecule has 0 aliphatic carbocycles. The Morgan fingerprint density at radius 3 is 2.90 bits per heavy atom. The van der Waals surface area contributed by atoms with E-state index in [1.54, 1.807) is 12.1 Å². The number of hydrogen-bond donors (Lipinski definition) is 2. The van der Waals surface area contributed by atoms with Crippen molar-refractivity contribution in [3.05, 3.63) is 53.0 Å². The van der Waals surface area contributed by atoms with Gasteiger partial charge in [0.15, 0.2) is 0 Å². The Bertz CT molecular complexity index is 710. The molecule has 0 aliphatic rings. The number of aromatic nitrogens is 2. The number of rotatable bonds is 2. The molecule has 106 valence electrons. The first-order valence-electron chi connectivity index (χ1n) is 6.40. The molecule has 5 nitrogen and oxygen atoms in total. The summed E-state index contributed by atoms with van der Waals surface area (Å²) in [6.45, 7) is 3.54. The van der Waals surface area contributed by atoms with E-state index in [1.165, 1.54) is 12.4 Å². The molecule has 2 rings (SSSR count). The minimum atomic E-state index is -0.308. The zero-order chi connectivity index (χ0) is 15.2. The van der Waals surface area contributed by atoms with Crippen LogP contribution < -0.4 is 5.32 Å². The molecular weight excluding hydrogens is 266 g/mol. The molecular formula is C16H15N3O2. The lowest BCUT2D eigenvalue weighted by Gasteiger charge is -2.07. The highest BCUT2D eigenvalue weighted by molar-refractivity contribution is 6.05. The van der Waals surface area contributed by atoms with E-state index >= 15 is 0 Å². The largest absolute Gasteiger partial charge is 0.384 e. The minimum Gasteiger partial charge on any atom is -0.384 e. The number of carbonyl (C=O) groups is 1. The summed E-state index contributed by atoms with van der Waals surface area (Å²) in [5, 5.41) is 11.5. The summed E-state index contributed by atoms with van der Waals surface area (Å²) in [4.78, 5) is 20.5. The van der Waals surface area contributed by atoms with Crippen LogP contribution in [0.2, 0.25) is 0 Å². The van der Waals surface area contributed by atoms with Crippen LogP contribution in [0.25, 0.3) is 0 Å². The van der Waals surface area contributed by atoms with Crippen LogP contribution in [0.5, 0.6) is 0 Å². The summed E-state index contributed by atoms with van der Waals surface area (Å²) in [6, 6.07) is 5.31. The molecule has 2 aromatic rings. The molecule has 5 heteroatoms. The molecule has 0 aliphatic heterocycles. The van der Waals surface area contributed by atoms with Crippen molar-refractivity contribution in [2.24, 2.45) is 0 Å². The third kappa shape index (κ3) is 3.88. The van der Waals surface area contributed by atoms with Crippen molar-refractivity contribution in [2.75, 3.05) is 11.9 Å². The van der Waals surface area contributed by atoms with Crippen molar-refractivity contribution >= 4 is 11.7 Å². The van der Waals surface area contributed by atoms with Gasteiger partial charge in [-0.3, -0.25) is 9.78 Å². The fourth-order valence-electron chi connectivity index (χ4n) is 1.92. The van der Waals surface area contributed by atoms with Crippen molar-refractivity contribution in [1.29, 1.82) is 0 Å². The first-order chi connectivity index (χ1) is 10.1. The number of nitrogens with one attached hydrogen (secondary N) is 1. The lowest BCUT2D eigenvalue weighted by molar-refractivity contribution is 0.102. The summed E-state index contributed by atoms with van der Waals surface area (Å²) in [7, 11) is 0. The average molecular weight is 281 g/mol. The third-order valence-electron chi connectivity index (χ3n) is 2.71. The molecule has 2 heterocycles. The number of anilines is 1. The lowest BCUT2D eigenvalue weighted by Crippen LogP contribution is -2.15. The van der Waals surface area contributed by atoms with E-state index in [9.17, 15) is 4.79 Å². The van der Waals surface area contributed by atoms with Gasteiger partial charge in [0.25, 0.3) is 5.91 Å². The smallest absolute Gasteiger partial charge is 0.258 e. The van der Waals surface area contributed by atoms with Crippen LogP contribution in [0.3, 0.4) is 0 Å². The number of pyridine rings is 2. The van der Waals surface area contributed by atoms with Crippen LogP contribution in [0.1, 0.15) is 27.2 Å². The molecule has 0 saturated carbocycles. The maximum Gasteiger partial charge on any atom is 0.258 e. The van der Waals surface area contributed by atoms with Gasteiger partial charge in [0.05, 0.1) is 11.1 Å². The van der Waals surface area contributed by atoms with Crippen molar-refractivity contribution in [2.45, 2.75) is 13.8 Å². The Morgan fingerprint density at radius 2 is 2.19 bits per heavy atom. The van der Waals surface area contributed by atoms with E-state index in [0.29, 0.717) is 16.9 Å². The molecule has 0 fully saturated rings. The summed E-state index contributed by atoms with van der Waals surface area (Å²) < 4.78 is 0. The number of amides is 1. The van der Waals surface area contributed by atoms with E-state index in [4.69, 9.17) is 5.11 Å². The number of aryl methyl sites for hydroxylation is 2. The summed E-state index contributed by atoms with van der Waals surface area (Å²) in [5.41, 5.74) is 2.72. The summed E-state index contributed by atoms with van der Waals surface area (Å²) >= 11 is 0. The quantitative estimate of drug-likeness (QED) is 0.821. The molecule has 0 saturated heterocycles. The highest BCUT2D eigenvalue weighted by Crippen LogP contribution is 2.12. The Labute approximate surface area is 123 Å². The first kappa shape index (κ1) is 14.7. The Hall–Kier alpha value is -2.71. The fraction of sp³-hybridized carbons (Fsp3) is 0.188. The number of nitrogens with zero attached hydrogens (tertiary/aromatic N) is 2. The second kappa shape index (κ2) is 6.64. The van der Waals surface area contributed by atoms with Gasteiger partial charge in [-0.05, 0) is 37.6 Å². The number of aliphatic hydroxyl groups is 1.